The van der Waals surface area contributed by atoms with Crippen molar-refractivity contribution in [2.75, 3.05) is 40.5 Å². The number of hydrogen-bond acceptors (Lipinski definition) is 4. The molecule has 1 N–H and O–H groups in total. The maximum Gasteiger partial charge on any atom is 0.222 e. The molecule has 0 unspecified atom stereocenters. The van der Waals surface area contributed by atoms with Gasteiger partial charge in [-0.25, -0.2) is 0 Å². The summed E-state index contributed by atoms with van der Waals surface area (Å²) in [7, 11) is 3.70. The molecule has 0 spiro atoms. The third-order valence-electron chi connectivity index (χ3n) is 4.58. The highest BCUT2D eigenvalue weighted by atomic mass is 35.5. The summed E-state index contributed by atoms with van der Waals surface area (Å²) < 4.78 is 10.8. The Hall–Kier alpha value is -1.30. The summed E-state index contributed by atoms with van der Waals surface area (Å²) in [6, 6.07) is 8.64. The first kappa shape index (κ1) is 21.7. The fraction of sp³-hybridized carbons (Fsp3) is 0.632. The molecule has 1 heterocycles. The van der Waals surface area contributed by atoms with Gasteiger partial charge in [0, 0.05) is 32.7 Å². The number of nitrogens with one attached hydrogen (secondary N) is 1. The largest absolute Gasteiger partial charge is 0.494 e. The van der Waals surface area contributed by atoms with Crippen LogP contribution in [0.1, 0.15) is 31.2 Å². The molecule has 0 atom stereocenters. The number of rotatable bonds is 9. The number of nitrogens with zero attached hydrogens (tertiary/aromatic N) is 1. The molecular weight excluding hydrogens is 340 g/mol. The predicted octanol–water partition coefficient (Wildman–Crippen LogP) is 2.67. The molecule has 1 aromatic carbocycles. The van der Waals surface area contributed by atoms with Crippen molar-refractivity contribution in [3.8, 4) is 5.75 Å². The summed E-state index contributed by atoms with van der Waals surface area (Å²) in [5.74, 6) is 1.11. The maximum atomic E-state index is 12.2. The van der Waals surface area contributed by atoms with E-state index in [9.17, 15) is 4.79 Å². The zero-order valence-electron chi connectivity index (χ0n) is 15.3. The van der Waals surface area contributed by atoms with E-state index in [1.54, 1.807) is 7.11 Å². The Morgan fingerprint density at radius 3 is 2.48 bits per heavy atom. The van der Waals surface area contributed by atoms with Crippen LogP contribution in [0.5, 0.6) is 5.75 Å². The Kier molecular flexibility index (Phi) is 10.5. The van der Waals surface area contributed by atoms with Gasteiger partial charge >= 0.3 is 0 Å². The summed E-state index contributed by atoms with van der Waals surface area (Å²) in [6.45, 7) is 3.05. The SMILES string of the molecule is CNC1CCN(C(=O)CCCOc2ccc(CCOC)cc2)CC1.Cl. The van der Waals surface area contributed by atoms with Crippen LogP contribution in [-0.2, 0) is 16.0 Å². The number of carbonyl (C=O) groups is 1. The number of halogens is 1. The van der Waals surface area contributed by atoms with Crippen LogP contribution < -0.4 is 10.1 Å². The number of methoxy groups -OCH3 is 1. The molecule has 0 bridgehead atoms. The van der Waals surface area contributed by atoms with E-state index < -0.39 is 0 Å². The lowest BCUT2D eigenvalue weighted by Gasteiger charge is -2.31. The topological polar surface area (TPSA) is 50.8 Å². The summed E-state index contributed by atoms with van der Waals surface area (Å²) in [5, 5.41) is 3.28. The first-order valence-corrected chi connectivity index (χ1v) is 8.88. The fourth-order valence-corrected chi connectivity index (χ4v) is 2.96. The fourth-order valence-electron chi connectivity index (χ4n) is 2.96. The molecule has 2 rings (SSSR count). The lowest BCUT2D eigenvalue weighted by Crippen LogP contribution is -2.43. The molecule has 142 valence electrons. The van der Waals surface area contributed by atoms with Gasteiger partial charge in [0.1, 0.15) is 5.75 Å². The second kappa shape index (κ2) is 12.1. The zero-order valence-corrected chi connectivity index (χ0v) is 16.1. The molecule has 0 aromatic heterocycles. The van der Waals surface area contributed by atoms with E-state index >= 15 is 0 Å². The van der Waals surface area contributed by atoms with Crippen molar-refractivity contribution in [2.45, 2.75) is 38.1 Å². The van der Waals surface area contributed by atoms with E-state index in [4.69, 9.17) is 9.47 Å². The summed E-state index contributed by atoms with van der Waals surface area (Å²) in [5.41, 5.74) is 1.24. The molecule has 1 aliphatic rings. The number of carbonyl (C=O) groups excluding carboxylic acids is 1. The normalized spacial score (nSPS) is 14.9. The van der Waals surface area contributed by atoms with E-state index in [-0.39, 0.29) is 18.3 Å². The van der Waals surface area contributed by atoms with Crippen LogP contribution in [0.15, 0.2) is 24.3 Å². The summed E-state index contributed by atoms with van der Waals surface area (Å²) >= 11 is 0. The van der Waals surface area contributed by atoms with Gasteiger partial charge in [-0.3, -0.25) is 4.79 Å². The van der Waals surface area contributed by atoms with Crippen LogP contribution in [0.3, 0.4) is 0 Å². The average molecular weight is 371 g/mol. The van der Waals surface area contributed by atoms with Crippen LogP contribution in [0.2, 0.25) is 0 Å². The van der Waals surface area contributed by atoms with E-state index in [0.717, 1.165) is 51.1 Å². The first-order chi connectivity index (χ1) is 11.7. The third kappa shape index (κ3) is 7.63. The van der Waals surface area contributed by atoms with E-state index in [0.29, 0.717) is 19.1 Å². The van der Waals surface area contributed by atoms with E-state index in [1.165, 1.54) is 5.56 Å². The zero-order chi connectivity index (χ0) is 17.2. The lowest BCUT2D eigenvalue weighted by atomic mass is 10.0. The summed E-state index contributed by atoms with van der Waals surface area (Å²) in [6.07, 6.45) is 4.34. The van der Waals surface area contributed by atoms with Gasteiger partial charge in [-0.1, -0.05) is 12.1 Å². The maximum absolute atomic E-state index is 12.2. The van der Waals surface area contributed by atoms with Crippen molar-refractivity contribution < 1.29 is 14.3 Å². The molecule has 1 amide bonds. The van der Waals surface area contributed by atoms with Crippen molar-refractivity contribution in [3.05, 3.63) is 29.8 Å². The molecule has 0 radical (unpaired) electrons. The highest BCUT2D eigenvalue weighted by Crippen LogP contribution is 2.14. The van der Waals surface area contributed by atoms with Gasteiger partial charge in [0.05, 0.1) is 13.2 Å². The van der Waals surface area contributed by atoms with Crippen LogP contribution in [0, 0.1) is 0 Å². The van der Waals surface area contributed by atoms with Crippen molar-refractivity contribution in [2.24, 2.45) is 0 Å². The number of amides is 1. The van der Waals surface area contributed by atoms with Crippen LogP contribution in [0.4, 0.5) is 0 Å². The Morgan fingerprint density at radius 2 is 1.88 bits per heavy atom. The van der Waals surface area contributed by atoms with Crippen molar-refractivity contribution in [1.82, 2.24) is 10.2 Å². The smallest absolute Gasteiger partial charge is 0.222 e. The number of piperidine rings is 1. The Labute approximate surface area is 157 Å². The molecule has 6 heteroatoms. The monoisotopic (exact) mass is 370 g/mol. The van der Waals surface area contributed by atoms with Gasteiger partial charge in [0.2, 0.25) is 5.91 Å². The standard InChI is InChI=1S/C19H30N2O3.ClH/c1-20-17-9-12-21(13-10-17)19(22)4-3-14-24-18-7-5-16(6-8-18)11-15-23-2;/h5-8,17,20H,3-4,9-15H2,1-2H3;1H. The minimum atomic E-state index is 0. The minimum absolute atomic E-state index is 0. The first-order valence-electron chi connectivity index (χ1n) is 8.88. The highest BCUT2D eigenvalue weighted by molar-refractivity contribution is 5.85. The number of benzene rings is 1. The molecule has 1 fully saturated rings. The van der Waals surface area contributed by atoms with Crippen molar-refractivity contribution in [3.63, 3.8) is 0 Å². The van der Waals surface area contributed by atoms with Crippen LogP contribution in [-0.4, -0.2) is 57.3 Å². The highest BCUT2D eigenvalue weighted by Gasteiger charge is 2.21. The average Bonchev–Trinajstić information content (AvgIpc) is 2.64. The van der Waals surface area contributed by atoms with Crippen molar-refractivity contribution >= 4 is 18.3 Å². The van der Waals surface area contributed by atoms with Gasteiger partial charge in [-0.15, -0.1) is 12.4 Å². The molecule has 0 aliphatic carbocycles. The van der Waals surface area contributed by atoms with E-state index in [1.807, 2.05) is 24.1 Å². The van der Waals surface area contributed by atoms with Gasteiger partial charge < -0.3 is 19.7 Å². The minimum Gasteiger partial charge on any atom is -0.494 e. The second-order valence-corrected chi connectivity index (χ2v) is 6.28. The number of hydrogen-bond donors (Lipinski definition) is 1. The third-order valence-corrected chi connectivity index (χ3v) is 4.58. The van der Waals surface area contributed by atoms with Gasteiger partial charge in [-0.2, -0.15) is 0 Å². The molecular formula is C19H31ClN2O3. The summed E-state index contributed by atoms with van der Waals surface area (Å²) in [4.78, 5) is 14.2. The van der Waals surface area contributed by atoms with Gasteiger partial charge in [0.15, 0.2) is 0 Å². The quantitative estimate of drug-likeness (QED) is 0.679. The van der Waals surface area contributed by atoms with Crippen LogP contribution >= 0.6 is 12.4 Å². The Bertz CT molecular complexity index is 488. The molecule has 5 nitrogen and oxygen atoms in total. The predicted molar refractivity (Wildman–Crippen MR) is 103 cm³/mol. The Balaban J connectivity index is 0.00000312. The molecule has 1 aromatic rings. The van der Waals surface area contributed by atoms with Crippen LogP contribution in [0.25, 0.3) is 0 Å². The van der Waals surface area contributed by atoms with Gasteiger partial charge in [0.25, 0.3) is 0 Å². The molecule has 25 heavy (non-hydrogen) atoms. The molecule has 0 saturated carbocycles. The number of ether oxygens (including phenoxy) is 2. The molecule has 1 aliphatic heterocycles. The Morgan fingerprint density at radius 1 is 1.20 bits per heavy atom. The second-order valence-electron chi connectivity index (χ2n) is 6.28. The van der Waals surface area contributed by atoms with E-state index in [2.05, 4.69) is 17.4 Å². The van der Waals surface area contributed by atoms with Crippen molar-refractivity contribution in [1.29, 1.82) is 0 Å². The lowest BCUT2D eigenvalue weighted by molar-refractivity contribution is -0.132. The molecule has 1 saturated heterocycles. The van der Waals surface area contributed by atoms with Gasteiger partial charge in [-0.05, 0) is 50.4 Å². The number of likely N-dealkylation sites (tertiary alicyclic amines) is 1.